The van der Waals surface area contributed by atoms with Crippen molar-refractivity contribution in [2.45, 2.75) is 19.4 Å². The number of aryl methyl sites for hydroxylation is 1. The fraction of sp³-hybridized carbons (Fsp3) is 0.571. The molecule has 0 aliphatic carbocycles. The van der Waals surface area contributed by atoms with Gasteiger partial charge in [0.05, 0.1) is 6.20 Å². The number of rotatable bonds is 5. The molecule has 6 nitrogen and oxygen atoms in total. The summed E-state index contributed by atoms with van der Waals surface area (Å²) in [4.78, 5) is 10.6. The van der Waals surface area contributed by atoms with Gasteiger partial charge in [0.1, 0.15) is 0 Å². The molecule has 0 fully saturated rings. The molecule has 0 spiro atoms. The fourth-order valence-corrected chi connectivity index (χ4v) is 0.939. The molecule has 1 amide bonds. The number of hydrogen-bond donors (Lipinski definition) is 2. The van der Waals surface area contributed by atoms with Gasteiger partial charge >= 0.3 is 0 Å². The number of nitrogens with zero attached hydrogens (tertiary/aromatic N) is 3. The Bertz CT molecular complexity index is 287. The Labute approximate surface area is 88.0 Å². The molecule has 0 aliphatic rings. The minimum absolute atomic E-state index is 0. The van der Waals surface area contributed by atoms with Crippen LogP contribution < -0.4 is 11.5 Å². The van der Waals surface area contributed by atoms with Gasteiger partial charge < -0.3 is 11.5 Å². The van der Waals surface area contributed by atoms with Gasteiger partial charge in [0, 0.05) is 6.54 Å². The number of carbonyl (C=O) groups is 1. The van der Waals surface area contributed by atoms with Crippen molar-refractivity contribution in [3.8, 4) is 0 Å². The molecular formula is C7H14ClN5O. The number of nitrogens with two attached hydrogens (primary N) is 2. The predicted molar refractivity (Wildman–Crippen MR) is 54.1 cm³/mol. The van der Waals surface area contributed by atoms with Gasteiger partial charge in [-0.15, -0.1) is 17.5 Å². The van der Waals surface area contributed by atoms with Crippen LogP contribution in [0.4, 0.5) is 0 Å². The highest BCUT2D eigenvalue weighted by Gasteiger charge is 2.04. The highest BCUT2D eigenvalue weighted by Crippen LogP contribution is 1.95. The Morgan fingerprint density at radius 3 is 2.71 bits per heavy atom. The zero-order valence-electron chi connectivity index (χ0n) is 7.72. The first-order valence-corrected chi connectivity index (χ1v) is 4.14. The summed E-state index contributed by atoms with van der Waals surface area (Å²) in [6, 6.07) is 0. The highest BCUT2D eigenvalue weighted by molar-refractivity contribution is 5.90. The van der Waals surface area contributed by atoms with Crippen LogP contribution in [0.2, 0.25) is 0 Å². The monoisotopic (exact) mass is 219 g/mol. The van der Waals surface area contributed by atoms with E-state index in [1.54, 1.807) is 10.9 Å². The summed E-state index contributed by atoms with van der Waals surface area (Å²) in [5.74, 6) is -0.551. The first kappa shape index (κ1) is 12.9. The number of amides is 1. The van der Waals surface area contributed by atoms with Gasteiger partial charge in [-0.2, -0.15) is 0 Å². The normalized spacial score (nSPS) is 9.50. The Kier molecular flexibility index (Phi) is 5.82. The quantitative estimate of drug-likeness (QED) is 0.655. The third-order valence-corrected chi connectivity index (χ3v) is 1.63. The second-order valence-electron chi connectivity index (χ2n) is 2.73. The van der Waals surface area contributed by atoms with Crippen LogP contribution in [0.25, 0.3) is 0 Å². The summed E-state index contributed by atoms with van der Waals surface area (Å²) in [5.41, 5.74) is 10.5. The van der Waals surface area contributed by atoms with Crippen LogP contribution in [0.15, 0.2) is 6.20 Å². The standard InChI is InChI=1S/C7H13N5O.ClH/c8-3-1-2-4-12-5-6(7(9)13)10-11-12;/h5H,1-4,8H2,(H2,9,13);1H. The first-order valence-electron chi connectivity index (χ1n) is 4.14. The Morgan fingerprint density at radius 2 is 2.21 bits per heavy atom. The van der Waals surface area contributed by atoms with Crippen LogP contribution in [-0.2, 0) is 6.54 Å². The summed E-state index contributed by atoms with van der Waals surface area (Å²) in [6.07, 6.45) is 3.41. The predicted octanol–water partition coefficient (Wildman–Crippen LogP) is -0.462. The minimum Gasteiger partial charge on any atom is -0.364 e. The lowest BCUT2D eigenvalue weighted by Gasteiger charge is -1.96. The lowest BCUT2D eigenvalue weighted by molar-refractivity contribution is 0.0995. The average Bonchev–Trinajstić information content (AvgIpc) is 2.53. The second kappa shape index (κ2) is 6.33. The molecule has 14 heavy (non-hydrogen) atoms. The number of hydrogen-bond acceptors (Lipinski definition) is 4. The number of unbranched alkanes of at least 4 members (excludes halogenated alkanes) is 1. The van der Waals surface area contributed by atoms with Crippen LogP contribution in [-0.4, -0.2) is 27.4 Å². The molecule has 0 aliphatic heterocycles. The van der Waals surface area contributed by atoms with Crippen molar-refractivity contribution < 1.29 is 4.79 Å². The van der Waals surface area contributed by atoms with Crippen molar-refractivity contribution in [2.75, 3.05) is 6.54 Å². The number of primary amides is 1. The van der Waals surface area contributed by atoms with Crippen LogP contribution in [0.1, 0.15) is 23.3 Å². The average molecular weight is 220 g/mol. The molecule has 80 valence electrons. The SMILES string of the molecule is Cl.NCCCCn1cc(C(N)=O)nn1. The van der Waals surface area contributed by atoms with Gasteiger partial charge in [-0.1, -0.05) is 5.21 Å². The van der Waals surface area contributed by atoms with E-state index >= 15 is 0 Å². The van der Waals surface area contributed by atoms with E-state index in [0.29, 0.717) is 6.54 Å². The Morgan fingerprint density at radius 1 is 1.50 bits per heavy atom. The van der Waals surface area contributed by atoms with Crippen LogP contribution in [0.5, 0.6) is 0 Å². The van der Waals surface area contributed by atoms with Gasteiger partial charge in [0.25, 0.3) is 5.91 Å². The summed E-state index contributed by atoms with van der Waals surface area (Å²) in [5, 5.41) is 7.34. The molecule has 0 saturated carbocycles. The van der Waals surface area contributed by atoms with E-state index in [1.807, 2.05) is 0 Å². The molecule has 1 heterocycles. The van der Waals surface area contributed by atoms with Crippen LogP contribution in [0, 0.1) is 0 Å². The van der Waals surface area contributed by atoms with Crippen LogP contribution >= 0.6 is 12.4 Å². The van der Waals surface area contributed by atoms with E-state index in [2.05, 4.69) is 10.3 Å². The third kappa shape index (κ3) is 3.71. The minimum atomic E-state index is -0.551. The number of carbonyl (C=O) groups excluding carboxylic acids is 1. The number of halogens is 1. The molecule has 1 aromatic heterocycles. The topological polar surface area (TPSA) is 99.8 Å². The van der Waals surface area contributed by atoms with E-state index in [4.69, 9.17) is 11.5 Å². The van der Waals surface area contributed by atoms with Gasteiger partial charge in [-0.3, -0.25) is 9.48 Å². The van der Waals surface area contributed by atoms with Crippen molar-refractivity contribution in [2.24, 2.45) is 11.5 Å². The zero-order chi connectivity index (χ0) is 9.68. The maximum atomic E-state index is 10.6. The summed E-state index contributed by atoms with van der Waals surface area (Å²) >= 11 is 0. The Hall–Kier alpha value is -1.14. The van der Waals surface area contributed by atoms with Gasteiger partial charge in [0.15, 0.2) is 5.69 Å². The molecule has 1 rings (SSSR count). The largest absolute Gasteiger partial charge is 0.364 e. The smallest absolute Gasteiger partial charge is 0.270 e. The van der Waals surface area contributed by atoms with Gasteiger partial charge in [0.2, 0.25) is 0 Å². The molecule has 0 aromatic carbocycles. The van der Waals surface area contributed by atoms with E-state index in [1.165, 1.54) is 0 Å². The lowest BCUT2D eigenvalue weighted by Crippen LogP contribution is -2.11. The summed E-state index contributed by atoms with van der Waals surface area (Å²) in [6.45, 7) is 1.38. The van der Waals surface area contributed by atoms with Gasteiger partial charge in [-0.05, 0) is 19.4 Å². The van der Waals surface area contributed by atoms with E-state index < -0.39 is 5.91 Å². The molecule has 4 N–H and O–H groups in total. The van der Waals surface area contributed by atoms with E-state index in [9.17, 15) is 4.79 Å². The maximum Gasteiger partial charge on any atom is 0.270 e. The lowest BCUT2D eigenvalue weighted by atomic mass is 10.3. The molecule has 0 atom stereocenters. The van der Waals surface area contributed by atoms with E-state index in [0.717, 1.165) is 19.4 Å². The van der Waals surface area contributed by atoms with E-state index in [-0.39, 0.29) is 18.1 Å². The van der Waals surface area contributed by atoms with Crippen molar-refractivity contribution in [1.29, 1.82) is 0 Å². The third-order valence-electron chi connectivity index (χ3n) is 1.63. The first-order chi connectivity index (χ1) is 6.24. The maximum absolute atomic E-state index is 10.6. The summed E-state index contributed by atoms with van der Waals surface area (Å²) < 4.78 is 1.59. The molecule has 0 unspecified atom stereocenters. The number of aromatic nitrogens is 3. The second-order valence-corrected chi connectivity index (χ2v) is 2.73. The van der Waals surface area contributed by atoms with Gasteiger partial charge in [-0.25, -0.2) is 0 Å². The fourth-order valence-electron chi connectivity index (χ4n) is 0.939. The van der Waals surface area contributed by atoms with Crippen molar-refractivity contribution in [3.05, 3.63) is 11.9 Å². The van der Waals surface area contributed by atoms with Crippen molar-refractivity contribution in [1.82, 2.24) is 15.0 Å². The zero-order valence-corrected chi connectivity index (χ0v) is 8.54. The van der Waals surface area contributed by atoms with Crippen molar-refractivity contribution >= 4 is 18.3 Å². The molecule has 0 saturated heterocycles. The molecule has 7 heteroatoms. The van der Waals surface area contributed by atoms with Crippen molar-refractivity contribution in [3.63, 3.8) is 0 Å². The molecular weight excluding hydrogens is 206 g/mol. The van der Waals surface area contributed by atoms with Crippen LogP contribution in [0.3, 0.4) is 0 Å². The molecule has 0 radical (unpaired) electrons. The highest BCUT2D eigenvalue weighted by atomic mass is 35.5. The molecule has 0 bridgehead atoms. The summed E-state index contributed by atoms with van der Waals surface area (Å²) in [7, 11) is 0. The Balaban J connectivity index is 0.00000169. The molecule has 1 aromatic rings.